The first-order valence-electron chi connectivity index (χ1n) is 6.93. The molecule has 112 valence electrons. The molecule has 0 bridgehead atoms. The third kappa shape index (κ3) is 6.88. The average molecular weight is 274 g/mol. The Morgan fingerprint density at radius 2 is 1.05 bits per heavy atom. The zero-order chi connectivity index (χ0) is 14.7. The van der Waals surface area contributed by atoms with Crippen molar-refractivity contribution < 1.29 is 19.1 Å². The first-order chi connectivity index (χ1) is 9.10. The predicted octanol–water partition coefficient (Wildman–Crippen LogP) is 2.33. The van der Waals surface area contributed by atoms with Gasteiger partial charge >= 0.3 is 12.2 Å². The number of hydrogen-bond acceptors (Lipinski definition) is 4. The van der Waals surface area contributed by atoms with E-state index in [1.165, 1.54) is 0 Å². The first-order valence-corrected chi connectivity index (χ1v) is 6.93. The standard InChI is InChI=1S/C13H26N2O4/c1-5-14(6-2)12(16)18-10-9-11-19-13(17)15(7-3)8-4/h5-11H2,1-4H3. The maximum atomic E-state index is 11.5. The summed E-state index contributed by atoms with van der Waals surface area (Å²) in [6, 6.07) is 0. The second-order valence-corrected chi connectivity index (χ2v) is 3.93. The van der Waals surface area contributed by atoms with Gasteiger partial charge in [-0.1, -0.05) is 0 Å². The molecule has 19 heavy (non-hydrogen) atoms. The van der Waals surface area contributed by atoms with Crippen LogP contribution in [0.3, 0.4) is 0 Å². The van der Waals surface area contributed by atoms with Crippen LogP contribution < -0.4 is 0 Å². The highest BCUT2D eigenvalue weighted by molar-refractivity contribution is 5.67. The third-order valence-corrected chi connectivity index (χ3v) is 2.78. The van der Waals surface area contributed by atoms with Gasteiger partial charge in [0, 0.05) is 32.6 Å². The van der Waals surface area contributed by atoms with Gasteiger partial charge in [-0.2, -0.15) is 0 Å². The molecule has 0 fully saturated rings. The summed E-state index contributed by atoms with van der Waals surface area (Å²) in [5, 5.41) is 0. The summed E-state index contributed by atoms with van der Waals surface area (Å²) in [6.45, 7) is 10.7. The molecule has 0 aliphatic carbocycles. The van der Waals surface area contributed by atoms with Gasteiger partial charge in [0.1, 0.15) is 0 Å². The van der Waals surface area contributed by atoms with Crippen LogP contribution in [0.25, 0.3) is 0 Å². The quantitative estimate of drug-likeness (QED) is 0.637. The number of carbonyl (C=O) groups excluding carboxylic acids is 2. The second kappa shape index (κ2) is 10.5. The van der Waals surface area contributed by atoms with E-state index in [1.54, 1.807) is 9.80 Å². The Hall–Kier alpha value is -1.46. The Bertz CT molecular complexity index is 237. The lowest BCUT2D eigenvalue weighted by molar-refractivity contribution is 0.0825. The van der Waals surface area contributed by atoms with Crippen molar-refractivity contribution in [2.75, 3.05) is 39.4 Å². The summed E-state index contributed by atoms with van der Waals surface area (Å²) >= 11 is 0. The summed E-state index contributed by atoms with van der Waals surface area (Å²) in [4.78, 5) is 26.2. The molecule has 0 saturated heterocycles. The molecule has 6 heteroatoms. The number of amides is 2. The molecular formula is C13H26N2O4. The fraction of sp³-hybridized carbons (Fsp3) is 0.846. The number of carbonyl (C=O) groups is 2. The van der Waals surface area contributed by atoms with Crippen LogP contribution in [0.15, 0.2) is 0 Å². The molecule has 0 N–H and O–H groups in total. The van der Waals surface area contributed by atoms with Crippen molar-refractivity contribution in [2.24, 2.45) is 0 Å². The van der Waals surface area contributed by atoms with Gasteiger partial charge in [-0.3, -0.25) is 0 Å². The minimum absolute atomic E-state index is 0.265. The fourth-order valence-corrected chi connectivity index (χ4v) is 1.52. The molecule has 0 saturated carbocycles. The van der Waals surface area contributed by atoms with Crippen molar-refractivity contribution in [1.29, 1.82) is 0 Å². The Kier molecular flexibility index (Phi) is 9.66. The first kappa shape index (κ1) is 17.5. The van der Waals surface area contributed by atoms with Crippen molar-refractivity contribution in [2.45, 2.75) is 34.1 Å². The predicted molar refractivity (Wildman–Crippen MR) is 73.2 cm³/mol. The highest BCUT2D eigenvalue weighted by atomic mass is 16.6. The largest absolute Gasteiger partial charge is 0.449 e. The monoisotopic (exact) mass is 274 g/mol. The number of rotatable bonds is 8. The Morgan fingerprint density at radius 3 is 1.32 bits per heavy atom. The van der Waals surface area contributed by atoms with Crippen molar-refractivity contribution in [1.82, 2.24) is 9.80 Å². The lowest BCUT2D eigenvalue weighted by Gasteiger charge is -2.19. The summed E-state index contributed by atoms with van der Waals surface area (Å²) in [7, 11) is 0. The SMILES string of the molecule is CCN(CC)C(=O)OCCCOC(=O)N(CC)CC. The molecule has 0 spiro atoms. The lowest BCUT2D eigenvalue weighted by Crippen LogP contribution is -2.32. The van der Waals surface area contributed by atoms with E-state index in [0.717, 1.165) is 0 Å². The van der Waals surface area contributed by atoms with Gasteiger partial charge in [0.25, 0.3) is 0 Å². The van der Waals surface area contributed by atoms with Crippen molar-refractivity contribution in [3.63, 3.8) is 0 Å². The number of nitrogens with zero attached hydrogens (tertiary/aromatic N) is 2. The van der Waals surface area contributed by atoms with Crippen molar-refractivity contribution in [3.8, 4) is 0 Å². The van der Waals surface area contributed by atoms with Gasteiger partial charge < -0.3 is 19.3 Å². The molecule has 0 aromatic rings. The smallest absolute Gasteiger partial charge is 0.409 e. The van der Waals surface area contributed by atoms with Crippen LogP contribution in [0, 0.1) is 0 Å². The summed E-state index contributed by atoms with van der Waals surface area (Å²) in [6.07, 6.45) is -0.125. The Labute approximate surface area is 115 Å². The van der Waals surface area contributed by atoms with Gasteiger partial charge in [-0.25, -0.2) is 9.59 Å². The van der Waals surface area contributed by atoms with Crippen LogP contribution in [0.2, 0.25) is 0 Å². The molecule has 6 nitrogen and oxygen atoms in total. The van der Waals surface area contributed by atoms with E-state index in [9.17, 15) is 9.59 Å². The third-order valence-electron chi connectivity index (χ3n) is 2.78. The Balaban J connectivity index is 3.70. The number of hydrogen-bond donors (Lipinski definition) is 0. The molecule has 0 heterocycles. The van der Waals surface area contributed by atoms with Gasteiger partial charge in [0.15, 0.2) is 0 Å². The summed E-state index contributed by atoms with van der Waals surface area (Å²) in [5.74, 6) is 0. The maximum absolute atomic E-state index is 11.5. The Morgan fingerprint density at radius 1 is 0.737 bits per heavy atom. The minimum Gasteiger partial charge on any atom is -0.449 e. The van der Waals surface area contributed by atoms with Crippen LogP contribution in [-0.2, 0) is 9.47 Å². The van der Waals surface area contributed by atoms with Crippen LogP contribution >= 0.6 is 0 Å². The molecule has 0 atom stereocenters. The summed E-state index contributed by atoms with van der Waals surface area (Å²) < 4.78 is 10.1. The molecule has 0 rings (SSSR count). The van der Waals surface area contributed by atoms with Crippen LogP contribution in [0.1, 0.15) is 34.1 Å². The zero-order valence-corrected chi connectivity index (χ0v) is 12.5. The van der Waals surface area contributed by atoms with Gasteiger partial charge in [0.05, 0.1) is 13.2 Å². The van der Waals surface area contributed by atoms with E-state index in [0.29, 0.717) is 32.6 Å². The normalized spacial score (nSPS) is 9.89. The van der Waals surface area contributed by atoms with Crippen LogP contribution in [0.5, 0.6) is 0 Å². The lowest BCUT2D eigenvalue weighted by atomic mass is 10.5. The van der Waals surface area contributed by atoms with Crippen LogP contribution in [-0.4, -0.2) is 61.4 Å². The molecule has 2 amide bonds. The number of ether oxygens (including phenoxy) is 2. The fourth-order valence-electron chi connectivity index (χ4n) is 1.52. The van der Waals surface area contributed by atoms with Crippen molar-refractivity contribution in [3.05, 3.63) is 0 Å². The van der Waals surface area contributed by atoms with E-state index in [-0.39, 0.29) is 25.4 Å². The second-order valence-electron chi connectivity index (χ2n) is 3.93. The molecule has 0 radical (unpaired) electrons. The molecule has 0 aliphatic heterocycles. The molecular weight excluding hydrogens is 248 g/mol. The van der Waals surface area contributed by atoms with Gasteiger partial charge in [-0.15, -0.1) is 0 Å². The van der Waals surface area contributed by atoms with E-state index in [2.05, 4.69) is 0 Å². The van der Waals surface area contributed by atoms with Crippen LogP contribution in [0.4, 0.5) is 9.59 Å². The highest BCUT2D eigenvalue weighted by Gasteiger charge is 2.12. The van der Waals surface area contributed by atoms with E-state index in [1.807, 2.05) is 27.7 Å². The highest BCUT2D eigenvalue weighted by Crippen LogP contribution is 1.97. The molecule has 0 aromatic heterocycles. The minimum atomic E-state index is -0.319. The van der Waals surface area contributed by atoms with E-state index < -0.39 is 0 Å². The molecule has 0 unspecified atom stereocenters. The van der Waals surface area contributed by atoms with Crippen molar-refractivity contribution >= 4 is 12.2 Å². The average Bonchev–Trinajstić information content (AvgIpc) is 2.41. The van der Waals surface area contributed by atoms with E-state index in [4.69, 9.17) is 9.47 Å². The van der Waals surface area contributed by atoms with E-state index >= 15 is 0 Å². The summed E-state index contributed by atoms with van der Waals surface area (Å²) in [5.41, 5.74) is 0. The zero-order valence-electron chi connectivity index (χ0n) is 12.5. The molecule has 0 aromatic carbocycles. The maximum Gasteiger partial charge on any atom is 0.409 e. The molecule has 0 aliphatic rings. The topological polar surface area (TPSA) is 59.1 Å². The van der Waals surface area contributed by atoms with Gasteiger partial charge in [-0.05, 0) is 27.7 Å². The van der Waals surface area contributed by atoms with Gasteiger partial charge in [0.2, 0.25) is 0 Å².